The molecule has 3 aromatic rings. The van der Waals surface area contributed by atoms with Crippen LogP contribution in [0.5, 0.6) is 0 Å². The topological polar surface area (TPSA) is 66.2 Å². The van der Waals surface area contributed by atoms with Crippen LogP contribution in [0.4, 0.5) is 14.6 Å². The standard InChI is InChI=1S/C20H15F2N3O2/c1-25(11-18(26)27-2)20-16-5-3-4-12(9-23)19(16)17(10-24-20)13-6-14(21)8-15(22)7-13/h3-8,10H,11H2,1-2H3. The monoisotopic (exact) mass is 367 g/mol. The van der Waals surface area contributed by atoms with E-state index in [1.54, 1.807) is 30.1 Å². The summed E-state index contributed by atoms with van der Waals surface area (Å²) in [5.41, 5.74) is 1.04. The number of esters is 1. The van der Waals surface area contributed by atoms with Crippen LogP contribution in [0, 0.1) is 23.0 Å². The Labute approximate surface area is 154 Å². The van der Waals surface area contributed by atoms with Gasteiger partial charge in [0.1, 0.15) is 24.0 Å². The molecule has 0 aliphatic heterocycles. The van der Waals surface area contributed by atoms with E-state index in [9.17, 15) is 18.8 Å². The summed E-state index contributed by atoms with van der Waals surface area (Å²) in [6, 6.07) is 10.3. The molecule has 0 aliphatic carbocycles. The molecule has 0 unspecified atom stereocenters. The number of ether oxygens (including phenoxy) is 1. The number of hydrogen-bond donors (Lipinski definition) is 0. The smallest absolute Gasteiger partial charge is 0.325 e. The molecule has 0 amide bonds. The summed E-state index contributed by atoms with van der Waals surface area (Å²) in [6.45, 7) is -0.0384. The van der Waals surface area contributed by atoms with Crippen LogP contribution in [0.3, 0.4) is 0 Å². The third-order valence-electron chi connectivity index (χ3n) is 4.14. The molecule has 27 heavy (non-hydrogen) atoms. The molecule has 0 fully saturated rings. The molecule has 1 heterocycles. The van der Waals surface area contributed by atoms with Gasteiger partial charge in [0, 0.05) is 35.6 Å². The number of nitrogens with zero attached hydrogens (tertiary/aromatic N) is 3. The van der Waals surface area contributed by atoms with E-state index in [0.29, 0.717) is 27.7 Å². The number of likely N-dealkylation sites (N-methyl/N-ethyl adjacent to an activating group) is 1. The van der Waals surface area contributed by atoms with E-state index >= 15 is 0 Å². The highest BCUT2D eigenvalue weighted by Gasteiger charge is 2.17. The maximum absolute atomic E-state index is 13.7. The third-order valence-corrected chi connectivity index (χ3v) is 4.14. The Morgan fingerprint density at radius 3 is 2.59 bits per heavy atom. The fourth-order valence-electron chi connectivity index (χ4n) is 2.95. The van der Waals surface area contributed by atoms with Crippen molar-refractivity contribution in [2.75, 3.05) is 25.6 Å². The second kappa shape index (κ2) is 7.38. The van der Waals surface area contributed by atoms with Gasteiger partial charge in [-0.05, 0) is 23.8 Å². The number of halogens is 2. The molecule has 0 N–H and O–H groups in total. The molecule has 0 saturated heterocycles. The van der Waals surface area contributed by atoms with E-state index in [1.165, 1.54) is 25.4 Å². The predicted molar refractivity (Wildman–Crippen MR) is 97.1 cm³/mol. The minimum Gasteiger partial charge on any atom is -0.468 e. The molecule has 1 aromatic heterocycles. The number of anilines is 1. The molecule has 136 valence electrons. The first kappa shape index (κ1) is 18.3. The van der Waals surface area contributed by atoms with E-state index < -0.39 is 17.6 Å². The van der Waals surface area contributed by atoms with Crippen LogP contribution >= 0.6 is 0 Å². The molecule has 0 spiro atoms. The number of pyridine rings is 1. The highest BCUT2D eigenvalue weighted by Crippen LogP contribution is 2.35. The lowest BCUT2D eigenvalue weighted by Crippen LogP contribution is -2.27. The van der Waals surface area contributed by atoms with Crippen LogP contribution in [0.2, 0.25) is 0 Å². The number of carbonyl (C=O) groups is 1. The molecule has 0 bridgehead atoms. The molecule has 0 saturated carbocycles. The van der Waals surface area contributed by atoms with Crippen LogP contribution in [0.25, 0.3) is 21.9 Å². The van der Waals surface area contributed by atoms with E-state index in [4.69, 9.17) is 0 Å². The Morgan fingerprint density at radius 2 is 1.96 bits per heavy atom. The van der Waals surface area contributed by atoms with E-state index in [1.807, 2.05) is 0 Å². The van der Waals surface area contributed by atoms with Crippen molar-refractivity contribution in [2.24, 2.45) is 0 Å². The Bertz CT molecular complexity index is 1060. The van der Waals surface area contributed by atoms with Gasteiger partial charge in [-0.1, -0.05) is 12.1 Å². The molecule has 0 atom stereocenters. The van der Waals surface area contributed by atoms with Crippen LogP contribution in [-0.2, 0) is 9.53 Å². The van der Waals surface area contributed by atoms with Crippen molar-refractivity contribution in [3.05, 3.63) is 59.8 Å². The average molecular weight is 367 g/mol. The van der Waals surface area contributed by atoms with Gasteiger partial charge in [-0.2, -0.15) is 5.26 Å². The molecular formula is C20H15F2N3O2. The quantitative estimate of drug-likeness (QED) is 0.659. The zero-order chi connectivity index (χ0) is 19.6. The summed E-state index contributed by atoms with van der Waals surface area (Å²) in [7, 11) is 2.95. The number of nitriles is 1. The summed E-state index contributed by atoms with van der Waals surface area (Å²) in [6.07, 6.45) is 1.44. The molecular weight excluding hydrogens is 352 g/mol. The van der Waals surface area contributed by atoms with Crippen molar-refractivity contribution >= 4 is 22.6 Å². The summed E-state index contributed by atoms with van der Waals surface area (Å²) in [5, 5.41) is 10.6. The van der Waals surface area contributed by atoms with Gasteiger partial charge in [-0.15, -0.1) is 0 Å². The SMILES string of the molecule is COC(=O)CN(C)c1ncc(-c2cc(F)cc(F)c2)c2c(C#N)cccc12. The Morgan fingerprint density at radius 1 is 1.26 bits per heavy atom. The summed E-state index contributed by atoms with van der Waals surface area (Å²) in [5.74, 6) is -1.44. The number of aromatic nitrogens is 1. The van der Waals surface area contributed by atoms with E-state index in [0.717, 1.165) is 6.07 Å². The molecule has 0 radical (unpaired) electrons. The Balaban J connectivity index is 2.27. The number of hydrogen-bond acceptors (Lipinski definition) is 5. The van der Waals surface area contributed by atoms with Crippen LogP contribution in [-0.4, -0.2) is 31.7 Å². The van der Waals surface area contributed by atoms with E-state index in [2.05, 4.69) is 15.8 Å². The number of carbonyl (C=O) groups excluding carboxylic acids is 1. The lowest BCUT2D eigenvalue weighted by atomic mass is 9.96. The van der Waals surface area contributed by atoms with Gasteiger partial charge in [0.2, 0.25) is 0 Å². The number of rotatable bonds is 4. The molecule has 7 heteroatoms. The summed E-state index contributed by atoms with van der Waals surface area (Å²) >= 11 is 0. The van der Waals surface area contributed by atoms with Crippen molar-refractivity contribution < 1.29 is 18.3 Å². The normalized spacial score (nSPS) is 10.5. The van der Waals surface area contributed by atoms with Crippen molar-refractivity contribution in [3.63, 3.8) is 0 Å². The summed E-state index contributed by atoms with van der Waals surface area (Å²) in [4.78, 5) is 17.5. The van der Waals surface area contributed by atoms with Gasteiger partial charge in [-0.25, -0.2) is 13.8 Å². The fourth-order valence-corrected chi connectivity index (χ4v) is 2.95. The first-order valence-corrected chi connectivity index (χ1v) is 8.01. The second-order valence-electron chi connectivity index (χ2n) is 5.93. The third kappa shape index (κ3) is 3.55. The molecule has 0 aliphatic rings. The van der Waals surface area contributed by atoms with Crippen LogP contribution in [0.1, 0.15) is 5.56 Å². The Kier molecular flexibility index (Phi) is 4.99. The van der Waals surface area contributed by atoms with Crippen molar-refractivity contribution in [3.8, 4) is 17.2 Å². The molecule has 2 aromatic carbocycles. The Hall–Kier alpha value is -3.53. The minimum absolute atomic E-state index is 0.0384. The zero-order valence-corrected chi connectivity index (χ0v) is 14.7. The van der Waals surface area contributed by atoms with Gasteiger partial charge in [0.05, 0.1) is 18.7 Å². The zero-order valence-electron chi connectivity index (χ0n) is 14.7. The second-order valence-corrected chi connectivity index (χ2v) is 5.93. The number of benzene rings is 2. The van der Waals surface area contributed by atoms with Crippen LogP contribution in [0.15, 0.2) is 42.6 Å². The van der Waals surface area contributed by atoms with Crippen molar-refractivity contribution in [2.45, 2.75) is 0 Å². The average Bonchev–Trinajstić information content (AvgIpc) is 2.65. The van der Waals surface area contributed by atoms with Gasteiger partial charge in [0.15, 0.2) is 0 Å². The maximum atomic E-state index is 13.7. The minimum atomic E-state index is -0.723. The first-order valence-electron chi connectivity index (χ1n) is 8.01. The first-order chi connectivity index (χ1) is 12.9. The van der Waals surface area contributed by atoms with Gasteiger partial charge < -0.3 is 9.64 Å². The summed E-state index contributed by atoms with van der Waals surface area (Å²) < 4.78 is 32.1. The van der Waals surface area contributed by atoms with Gasteiger partial charge in [-0.3, -0.25) is 4.79 Å². The predicted octanol–water partition coefficient (Wildman–Crippen LogP) is 3.66. The molecule has 5 nitrogen and oxygen atoms in total. The highest BCUT2D eigenvalue weighted by molar-refractivity contribution is 6.05. The van der Waals surface area contributed by atoms with E-state index in [-0.39, 0.29) is 12.1 Å². The fraction of sp³-hybridized carbons (Fsp3) is 0.150. The highest BCUT2D eigenvalue weighted by atomic mass is 19.1. The lowest BCUT2D eigenvalue weighted by Gasteiger charge is -2.20. The number of methoxy groups -OCH3 is 1. The van der Waals surface area contributed by atoms with Crippen molar-refractivity contribution in [1.29, 1.82) is 5.26 Å². The largest absolute Gasteiger partial charge is 0.468 e. The van der Waals surface area contributed by atoms with Crippen molar-refractivity contribution in [1.82, 2.24) is 4.98 Å². The van der Waals surface area contributed by atoms with Gasteiger partial charge in [0.25, 0.3) is 0 Å². The number of fused-ring (bicyclic) bond motifs is 1. The lowest BCUT2D eigenvalue weighted by molar-refractivity contribution is -0.138. The van der Waals surface area contributed by atoms with Crippen LogP contribution < -0.4 is 4.90 Å². The maximum Gasteiger partial charge on any atom is 0.325 e. The molecule has 3 rings (SSSR count). The van der Waals surface area contributed by atoms with Gasteiger partial charge >= 0.3 is 5.97 Å².